The molecule has 0 fully saturated rings. The van der Waals surface area contributed by atoms with Crippen LogP contribution in [0.25, 0.3) is 0 Å². The van der Waals surface area contributed by atoms with Gasteiger partial charge >= 0.3 is 17.1 Å². The first-order valence-corrected chi connectivity index (χ1v) is 18.7. The standard InChI is InChI=1S/C11H33NO3Si4/c1-12(2)17(6,7)14-19(10,11)15-18(8,9)13-16(3,4)5/h1-11H3. The van der Waals surface area contributed by atoms with Gasteiger partial charge in [-0.2, -0.15) is 0 Å². The molecule has 0 spiro atoms. The van der Waals surface area contributed by atoms with Gasteiger partial charge in [0.2, 0.25) is 0 Å². The highest BCUT2D eigenvalue weighted by Crippen LogP contribution is 2.24. The molecule has 0 aliphatic carbocycles. The second kappa shape index (κ2) is 6.22. The molecule has 116 valence electrons. The SMILES string of the molecule is CN(C)[Si](C)(C)O[Si](C)(C)O[Si](C)(C)O[Si](C)(C)C. The molecule has 0 saturated carbocycles. The second-order valence-corrected chi connectivity index (χ2v) is 23.6. The molecule has 0 aromatic rings. The smallest absolute Gasteiger partial charge is 0.313 e. The summed E-state index contributed by atoms with van der Waals surface area (Å²) in [6.07, 6.45) is 0. The van der Waals surface area contributed by atoms with Gasteiger partial charge in [-0.15, -0.1) is 0 Å². The van der Waals surface area contributed by atoms with Crippen LogP contribution in [0.1, 0.15) is 0 Å². The molecule has 0 aliphatic rings. The van der Waals surface area contributed by atoms with Crippen molar-refractivity contribution < 1.29 is 12.3 Å². The number of hydrogen-bond donors (Lipinski definition) is 0. The molecule has 0 rings (SSSR count). The topological polar surface area (TPSA) is 30.9 Å². The lowest BCUT2D eigenvalue weighted by atomic mass is 11.3. The minimum absolute atomic E-state index is 1.57. The molecule has 0 aromatic carbocycles. The van der Waals surface area contributed by atoms with Gasteiger partial charge in [-0.05, 0) is 73.0 Å². The maximum absolute atomic E-state index is 6.39. The molecule has 0 N–H and O–H groups in total. The minimum atomic E-state index is -2.16. The summed E-state index contributed by atoms with van der Waals surface area (Å²) in [7, 11) is -3.50. The van der Waals surface area contributed by atoms with E-state index in [1.54, 1.807) is 0 Å². The summed E-state index contributed by atoms with van der Waals surface area (Å²) in [5.41, 5.74) is 0. The van der Waals surface area contributed by atoms with Crippen LogP contribution in [-0.4, -0.2) is 52.6 Å². The molecule has 0 atom stereocenters. The van der Waals surface area contributed by atoms with E-state index in [0.717, 1.165) is 0 Å². The molecule has 0 radical (unpaired) electrons. The van der Waals surface area contributed by atoms with E-state index < -0.39 is 33.9 Å². The van der Waals surface area contributed by atoms with E-state index in [4.69, 9.17) is 12.3 Å². The van der Waals surface area contributed by atoms with E-state index in [0.29, 0.717) is 0 Å². The van der Waals surface area contributed by atoms with Crippen LogP contribution < -0.4 is 0 Å². The third-order valence-electron chi connectivity index (χ3n) is 2.62. The van der Waals surface area contributed by atoms with Gasteiger partial charge in [-0.3, -0.25) is 0 Å². The van der Waals surface area contributed by atoms with Crippen molar-refractivity contribution in [1.29, 1.82) is 0 Å². The zero-order valence-electron chi connectivity index (χ0n) is 14.7. The fourth-order valence-corrected chi connectivity index (χ4v) is 19.3. The van der Waals surface area contributed by atoms with Gasteiger partial charge in [-0.1, -0.05) is 0 Å². The highest BCUT2D eigenvalue weighted by molar-refractivity contribution is 6.88. The van der Waals surface area contributed by atoms with Crippen LogP contribution in [-0.2, 0) is 12.3 Å². The Bertz CT molecular complexity index is 301. The van der Waals surface area contributed by atoms with E-state index in [9.17, 15) is 0 Å². The van der Waals surface area contributed by atoms with Crippen molar-refractivity contribution in [2.75, 3.05) is 14.1 Å². The number of hydrogen-bond acceptors (Lipinski definition) is 4. The van der Waals surface area contributed by atoms with Crippen molar-refractivity contribution in [3.05, 3.63) is 0 Å². The van der Waals surface area contributed by atoms with Crippen LogP contribution in [0.4, 0.5) is 0 Å². The zero-order valence-corrected chi connectivity index (χ0v) is 18.7. The zero-order chi connectivity index (χ0) is 15.7. The molecule has 0 aliphatic heterocycles. The first kappa shape index (κ1) is 19.7. The summed E-state index contributed by atoms with van der Waals surface area (Å²) in [4.78, 5) is 0. The Morgan fingerprint density at radius 2 is 0.947 bits per heavy atom. The predicted octanol–water partition coefficient (Wildman–Crippen LogP) is 3.54. The van der Waals surface area contributed by atoms with Crippen LogP contribution in [0.3, 0.4) is 0 Å². The summed E-state index contributed by atoms with van der Waals surface area (Å²) in [6, 6.07) is 0. The van der Waals surface area contributed by atoms with Crippen molar-refractivity contribution in [2.24, 2.45) is 0 Å². The Hall–Kier alpha value is 0.708. The summed E-state index contributed by atoms with van der Waals surface area (Å²) >= 11 is 0. The first-order valence-electron chi connectivity index (χ1n) is 6.84. The molecule has 0 saturated heterocycles. The molecule has 4 nitrogen and oxygen atoms in total. The first-order chi connectivity index (χ1) is 8.06. The lowest BCUT2D eigenvalue weighted by Crippen LogP contribution is -2.59. The van der Waals surface area contributed by atoms with Crippen molar-refractivity contribution in [1.82, 2.24) is 4.57 Å². The quantitative estimate of drug-likeness (QED) is 0.664. The van der Waals surface area contributed by atoms with E-state index in [-0.39, 0.29) is 0 Å². The monoisotopic (exact) mass is 339 g/mol. The third kappa shape index (κ3) is 8.55. The lowest BCUT2D eigenvalue weighted by Gasteiger charge is -2.41. The van der Waals surface area contributed by atoms with Gasteiger partial charge in [0.15, 0.2) is 8.32 Å². The Morgan fingerprint density at radius 1 is 0.579 bits per heavy atom. The highest BCUT2D eigenvalue weighted by Gasteiger charge is 2.43. The van der Waals surface area contributed by atoms with Crippen molar-refractivity contribution >= 4 is 33.9 Å². The fraction of sp³-hybridized carbons (Fsp3) is 1.00. The van der Waals surface area contributed by atoms with Crippen LogP contribution in [0.2, 0.25) is 58.9 Å². The Morgan fingerprint density at radius 3 is 1.26 bits per heavy atom. The number of rotatable bonds is 7. The van der Waals surface area contributed by atoms with Crippen molar-refractivity contribution in [3.8, 4) is 0 Å². The third-order valence-corrected chi connectivity index (χ3v) is 17.1. The fourth-order valence-electron chi connectivity index (χ4n) is 2.06. The van der Waals surface area contributed by atoms with Gasteiger partial charge < -0.3 is 16.9 Å². The molecule has 0 heterocycles. The number of nitrogens with zero attached hydrogens (tertiary/aromatic N) is 1. The Labute approximate surface area is 124 Å². The van der Waals surface area contributed by atoms with E-state index in [1.165, 1.54) is 0 Å². The van der Waals surface area contributed by atoms with Crippen molar-refractivity contribution in [3.63, 3.8) is 0 Å². The second-order valence-electron chi connectivity index (χ2n) is 7.56. The molecule has 8 heteroatoms. The van der Waals surface area contributed by atoms with Gasteiger partial charge in [-0.25, -0.2) is 0 Å². The largest absolute Gasteiger partial charge is 0.437 e. The Balaban J connectivity index is 4.77. The van der Waals surface area contributed by atoms with E-state index >= 15 is 0 Å². The predicted molar refractivity (Wildman–Crippen MR) is 92.7 cm³/mol. The van der Waals surface area contributed by atoms with E-state index in [1.807, 2.05) is 0 Å². The van der Waals surface area contributed by atoms with Gasteiger partial charge in [0.05, 0.1) is 0 Å². The molecular weight excluding hydrogens is 306 g/mol. The summed E-state index contributed by atoms with van der Waals surface area (Å²) < 4.78 is 21.2. The maximum Gasteiger partial charge on any atom is 0.313 e. The molecular formula is C11H33NO3Si4. The average Bonchev–Trinajstić information content (AvgIpc) is 1.91. The summed E-state index contributed by atoms with van der Waals surface area (Å²) in [5.74, 6) is 0. The lowest BCUT2D eigenvalue weighted by molar-refractivity contribution is 0.313. The van der Waals surface area contributed by atoms with Crippen LogP contribution in [0.15, 0.2) is 0 Å². The van der Waals surface area contributed by atoms with Crippen molar-refractivity contribution in [2.45, 2.75) is 58.9 Å². The average molecular weight is 340 g/mol. The van der Waals surface area contributed by atoms with Crippen LogP contribution in [0.5, 0.6) is 0 Å². The summed E-state index contributed by atoms with van der Waals surface area (Å²) in [6.45, 7) is 19.6. The van der Waals surface area contributed by atoms with E-state index in [2.05, 4.69) is 77.6 Å². The molecule has 19 heavy (non-hydrogen) atoms. The van der Waals surface area contributed by atoms with Gasteiger partial charge in [0, 0.05) is 0 Å². The normalized spacial score (nSPS) is 15.2. The Kier molecular flexibility index (Phi) is 6.45. The molecule has 0 unspecified atom stereocenters. The molecule has 0 bridgehead atoms. The van der Waals surface area contributed by atoms with Gasteiger partial charge in [0.1, 0.15) is 0 Å². The van der Waals surface area contributed by atoms with Crippen LogP contribution >= 0.6 is 0 Å². The maximum atomic E-state index is 6.39. The minimum Gasteiger partial charge on any atom is -0.437 e. The van der Waals surface area contributed by atoms with Crippen LogP contribution in [0, 0.1) is 0 Å². The highest BCUT2D eigenvalue weighted by atomic mass is 28.5. The molecule has 0 amide bonds. The summed E-state index contributed by atoms with van der Waals surface area (Å²) in [5, 5.41) is 0. The van der Waals surface area contributed by atoms with Gasteiger partial charge in [0.25, 0.3) is 8.48 Å². The molecule has 0 aromatic heterocycles.